The maximum Gasteiger partial charge on any atom is 0.237 e. The van der Waals surface area contributed by atoms with Crippen molar-refractivity contribution in [3.8, 4) is 0 Å². The quantitative estimate of drug-likeness (QED) is 0.783. The average molecular weight is 206 g/mol. The molecule has 82 valence electrons. The van der Waals surface area contributed by atoms with Gasteiger partial charge in [-0.1, -0.05) is 30.3 Å². The van der Waals surface area contributed by atoms with Crippen LogP contribution < -0.4 is 10.6 Å². The Balaban J connectivity index is 2.56. The van der Waals surface area contributed by atoms with E-state index >= 15 is 0 Å². The van der Waals surface area contributed by atoms with E-state index in [0.717, 1.165) is 5.56 Å². The number of carbonyl (C=O) groups excluding carboxylic acids is 1. The molecule has 0 aliphatic heterocycles. The second-order valence-corrected chi connectivity index (χ2v) is 3.65. The van der Waals surface area contributed by atoms with Gasteiger partial charge in [0.15, 0.2) is 0 Å². The fourth-order valence-electron chi connectivity index (χ4n) is 1.29. The van der Waals surface area contributed by atoms with E-state index in [2.05, 4.69) is 10.6 Å². The van der Waals surface area contributed by atoms with E-state index in [1.54, 1.807) is 7.05 Å². The molecule has 1 amide bonds. The Kier molecular flexibility index (Phi) is 4.31. The van der Waals surface area contributed by atoms with Gasteiger partial charge >= 0.3 is 0 Å². The third-order valence-electron chi connectivity index (χ3n) is 2.48. The van der Waals surface area contributed by atoms with Crippen molar-refractivity contribution in [2.45, 2.75) is 25.9 Å². The summed E-state index contributed by atoms with van der Waals surface area (Å²) in [7, 11) is 1.78. The van der Waals surface area contributed by atoms with Crippen LogP contribution in [0.5, 0.6) is 0 Å². The fraction of sp³-hybridized carbons (Fsp3) is 0.417. The van der Waals surface area contributed by atoms with Crippen molar-refractivity contribution in [1.29, 1.82) is 0 Å². The smallest absolute Gasteiger partial charge is 0.237 e. The molecule has 1 aromatic carbocycles. The van der Waals surface area contributed by atoms with E-state index in [0.29, 0.717) is 0 Å². The normalized spacial score (nSPS) is 14.3. The number of nitrogens with one attached hydrogen (secondary N) is 2. The molecule has 3 nitrogen and oxygen atoms in total. The van der Waals surface area contributed by atoms with Crippen molar-refractivity contribution in [2.75, 3.05) is 7.05 Å². The summed E-state index contributed by atoms with van der Waals surface area (Å²) >= 11 is 0. The van der Waals surface area contributed by atoms with E-state index in [1.807, 2.05) is 44.2 Å². The number of benzene rings is 1. The first-order valence-electron chi connectivity index (χ1n) is 5.17. The zero-order chi connectivity index (χ0) is 11.3. The third kappa shape index (κ3) is 3.36. The van der Waals surface area contributed by atoms with Crippen LogP contribution in [-0.2, 0) is 4.79 Å². The highest BCUT2D eigenvalue weighted by atomic mass is 16.2. The van der Waals surface area contributed by atoms with Crippen LogP contribution in [0.15, 0.2) is 30.3 Å². The van der Waals surface area contributed by atoms with Crippen LogP contribution in [0.2, 0.25) is 0 Å². The largest absolute Gasteiger partial charge is 0.348 e. The number of amides is 1. The summed E-state index contributed by atoms with van der Waals surface area (Å²) in [6.07, 6.45) is 0. The summed E-state index contributed by atoms with van der Waals surface area (Å²) in [5, 5.41) is 5.85. The van der Waals surface area contributed by atoms with E-state index in [4.69, 9.17) is 0 Å². The number of carbonyl (C=O) groups is 1. The molecule has 0 aromatic heterocycles. The molecule has 2 N–H and O–H groups in total. The lowest BCUT2D eigenvalue weighted by Crippen LogP contribution is -2.41. The van der Waals surface area contributed by atoms with Crippen LogP contribution in [0.3, 0.4) is 0 Å². The molecule has 1 aromatic rings. The van der Waals surface area contributed by atoms with Gasteiger partial charge < -0.3 is 10.6 Å². The molecule has 2 atom stereocenters. The van der Waals surface area contributed by atoms with Gasteiger partial charge in [-0.3, -0.25) is 4.79 Å². The first kappa shape index (κ1) is 11.7. The predicted octanol–water partition coefficient (Wildman–Crippen LogP) is 1.47. The lowest BCUT2D eigenvalue weighted by molar-refractivity contribution is -0.123. The van der Waals surface area contributed by atoms with Crippen LogP contribution >= 0.6 is 0 Å². The highest BCUT2D eigenvalue weighted by Crippen LogP contribution is 2.10. The molecule has 0 bridgehead atoms. The lowest BCUT2D eigenvalue weighted by Gasteiger charge is -2.17. The number of hydrogen-bond donors (Lipinski definition) is 2. The molecule has 0 aliphatic rings. The Hall–Kier alpha value is -1.35. The molecule has 0 spiro atoms. The van der Waals surface area contributed by atoms with Gasteiger partial charge in [-0.15, -0.1) is 0 Å². The fourth-order valence-corrected chi connectivity index (χ4v) is 1.29. The zero-order valence-electron chi connectivity index (χ0n) is 9.45. The molecule has 0 saturated heterocycles. The molecular formula is C12H18N2O. The van der Waals surface area contributed by atoms with Gasteiger partial charge in [-0.05, 0) is 26.5 Å². The predicted molar refractivity (Wildman–Crippen MR) is 61.5 cm³/mol. The van der Waals surface area contributed by atoms with Crippen molar-refractivity contribution in [1.82, 2.24) is 10.6 Å². The molecule has 0 saturated carbocycles. The van der Waals surface area contributed by atoms with Gasteiger partial charge in [-0.25, -0.2) is 0 Å². The number of hydrogen-bond acceptors (Lipinski definition) is 2. The molecule has 3 heteroatoms. The van der Waals surface area contributed by atoms with Gasteiger partial charge in [-0.2, -0.15) is 0 Å². The Labute approximate surface area is 90.9 Å². The third-order valence-corrected chi connectivity index (χ3v) is 2.48. The maximum atomic E-state index is 11.6. The van der Waals surface area contributed by atoms with Crippen molar-refractivity contribution in [3.05, 3.63) is 35.9 Å². The van der Waals surface area contributed by atoms with Crippen LogP contribution in [0.25, 0.3) is 0 Å². The van der Waals surface area contributed by atoms with Crippen molar-refractivity contribution < 1.29 is 4.79 Å². The summed E-state index contributed by atoms with van der Waals surface area (Å²) in [5.74, 6) is 0.0221. The highest BCUT2D eigenvalue weighted by Gasteiger charge is 2.13. The molecule has 0 fully saturated rings. The van der Waals surface area contributed by atoms with Gasteiger partial charge in [0.1, 0.15) is 0 Å². The SMILES string of the molecule is CNC(C)C(=O)N[C@H](C)c1ccccc1. The Bertz CT molecular complexity index is 311. The Morgan fingerprint density at radius 1 is 1.20 bits per heavy atom. The summed E-state index contributed by atoms with van der Waals surface area (Å²) in [4.78, 5) is 11.6. The van der Waals surface area contributed by atoms with E-state index in [1.165, 1.54) is 0 Å². The molecule has 0 aliphatic carbocycles. The highest BCUT2D eigenvalue weighted by molar-refractivity contribution is 5.81. The van der Waals surface area contributed by atoms with Gasteiger partial charge in [0.25, 0.3) is 0 Å². The zero-order valence-corrected chi connectivity index (χ0v) is 9.45. The second kappa shape index (κ2) is 5.51. The molecule has 0 heterocycles. The summed E-state index contributed by atoms with van der Waals surface area (Å²) in [6.45, 7) is 3.82. The van der Waals surface area contributed by atoms with Crippen LogP contribution in [0, 0.1) is 0 Å². The van der Waals surface area contributed by atoms with Gasteiger partial charge in [0.05, 0.1) is 12.1 Å². The first-order valence-corrected chi connectivity index (χ1v) is 5.17. The number of likely N-dealkylation sites (N-methyl/N-ethyl adjacent to an activating group) is 1. The topological polar surface area (TPSA) is 41.1 Å². The monoisotopic (exact) mass is 206 g/mol. The van der Waals surface area contributed by atoms with Crippen molar-refractivity contribution in [3.63, 3.8) is 0 Å². The standard InChI is InChI=1S/C12H18N2O/c1-9(11-7-5-4-6-8-11)14-12(15)10(2)13-3/h4-10,13H,1-3H3,(H,14,15)/t9-,10?/m1/s1. The van der Waals surface area contributed by atoms with Crippen LogP contribution in [-0.4, -0.2) is 19.0 Å². The lowest BCUT2D eigenvalue weighted by atomic mass is 10.1. The molecule has 15 heavy (non-hydrogen) atoms. The molecule has 1 rings (SSSR count). The molecule has 1 unspecified atom stereocenters. The van der Waals surface area contributed by atoms with E-state index in [-0.39, 0.29) is 18.0 Å². The van der Waals surface area contributed by atoms with Crippen LogP contribution in [0.1, 0.15) is 25.5 Å². The Morgan fingerprint density at radius 2 is 1.80 bits per heavy atom. The van der Waals surface area contributed by atoms with E-state index in [9.17, 15) is 4.79 Å². The summed E-state index contributed by atoms with van der Waals surface area (Å²) in [6, 6.07) is 9.82. The van der Waals surface area contributed by atoms with Gasteiger partial charge in [0, 0.05) is 0 Å². The number of rotatable bonds is 4. The second-order valence-electron chi connectivity index (χ2n) is 3.65. The average Bonchev–Trinajstić information content (AvgIpc) is 2.29. The first-order chi connectivity index (χ1) is 7.15. The van der Waals surface area contributed by atoms with Crippen molar-refractivity contribution in [2.24, 2.45) is 0 Å². The molecular weight excluding hydrogens is 188 g/mol. The minimum atomic E-state index is -0.156. The maximum absolute atomic E-state index is 11.6. The summed E-state index contributed by atoms with van der Waals surface area (Å²) < 4.78 is 0. The summed E-state index contributed by atoms with van der Waals surface area (Å²) in [5.41, 5.74) is 1.12. The van der Waals surface area contributed by atoms with E-state index < -0.39 is 0 Å². The minimum absolute atomic E-state index is 0.0221. The minimum Gasteiger partial charge on any atom is -0.348 e. The molecule has 0 radical (unpaired) electrons. The van der Waals surface area contributed by atoms with Gasteiger partial charge in [0.2, 0.25) is 5.91 Å². The Morgan fingerprint density at radius 3 is 2.33 bits per heavy atom. The van der Waals surface area contributed by atoms with Crippen molar-refractivity contribution >= 4 is 5.91 Å². The van der Waals surface area contributed by atoms with Crippen LogP contribution in [0.4, 0.5) is 0 Å².